The Morgan fingerprint density at radius 2 is 1.68 bits per heavy atom. The van der Waals surface area contributed by atoms with Gasteiger partial charge in [-0.2, -0.15) is 0 Å². The van der Waals surface area contributed by atoms with Crippen molar-refractivity contribution in [2.24, 2.45) is 5.73 Å². The highest BCUT2D eigenvalue weighted by Gasteiger charge is 2.35. The van der Waals surface area contributed by atoms with E-state index in [9.17, 15) is 18.9 Å². The number of hydrogen-bond acceptors (Lipinski definition) is 4. The lowest BCUT2D eigenvalue weighted by molar-refractivity contribution is 0.205. The summed E-state index contributed by atoms with van der Waals surface area (Å²) in [5, 5.41) is 0. The van der Waals surface area contributed by atoms with Crippen LogP contribution < -0.4 is 5.73 Å². The van der Waals surface area contributed by atoms with Crippen molar-refractivity contribution < 1.29 is 28.7 Å². The maximum Gasteiger partial charge on any atom is 0.342 e. The summed E-state index contributed by atoms with van der Waals surface area (Å²) in [4.78, 5) is 38.4. The van der Waals surface area contributed by atoms with Gasteiger partial charge in [0.25, 0.3) is 0 Å². The van der Waals surface area contributed by atoms with Crippen molar-refractivity contribution in [3.63, 3.8) is 0 Å². The van der Waals surface area contributed by atoms with Crippen LogP contribution in [0.15, 0.2) is 30.3 Å². The number of benzene rings is 1. The molecule has 1 unspecified atom stereocenters. The zero-order valence-electron chi connectivity index (χ0n) is 12.0. The lowest BCUT2D eigenvalue weighted by Gasteiger charge is -2.32. The summed E-state index contributed by atoms with van der Waals surface area (Å²) in [6.07, 6.45) is -0.889. The summed E-state index contributed by atoms with van der Waals surface area (Å²) in [5.74, 6) is -1.27. The maximum absolute atomic E-state index is 11.7. The predicted molar refractivity (Wildman–Crippen MR) is 83.3 cm³/mol. The first kappa shape index (κ1) is 19.5. The Morgan fingerprint density at radius 1 is 1.09 bits per heavy atom. The molecular formula is C12H22N2O6P2. The topological polar surface area (TPSA) is 144 Å². The fraction of sp³-hybridized carbons (Fsp3) is 0.500. The molecule has 0 saturated heterocycles. The minimum Gasteiger partial charge on any atom is -0.329 e. The van der Waals surface area contributed by atoms with Crippen LogP contribution >= 0.6 is 15.2 Å². The van der Waals surface area contributed by atoms with Crippen LogP contribution in [0.1, 0.15) is 12.0 Å². The molecule has 6 N–H and O–H groups in total. The molecule has 0 saturated carbocycles. The monoisotopic (exact) mass is 352 g/mol. The molecular weight excluding hydrogens is 330 g/mol. The van der Waals surface area contributed by atoms with Crippen molar-refractivity contribution in [1.29, 1.82) is 0 Å². The van der Waals surface area contributed by atoms with E-state index >= 15 is 0 Å². The summed E-state index contributed by atoms with van der Waals surface area (Å²) in [7, 11) is -8.89. The molecule has 0 aliphatic heterocycles. The standard InChI is InChI=1S/C12H22N2O6P2/c13-7-8-14(10-11-4-2-1-3-5-11)12(22(18,19)20)6-9-21(15,16)17/h1-5,12H,6-10,13H2,(H2,15,16,17)(H2,18,19,20). The Kier molecular flexibility index (Phi) is 7.38. The van der Waals surface area contributed by atoms with Gasteiger partial charge in [-0.1, -0.05) is 30.3 Å². The van der Waals surface area contributed by atoms with Gasteiger partial charge in [-0.05, 0) is 12.0 Å². The Morgan fingerprint density at radius 3 is 2.14 bits per heavy atom. The minimum atomic E-state index is -4.56. The predicted octanol–water partition coefficient (Wildman–Crippen LogP) is 0.519. The van der Waals surface area contributed by atoms with Crippen molar-refractivity contribution in [2.45, 2.75) is 18.7 Å². The van der Waals surface area contributed by atoms with E-state index in [0.717, 1.165) is 5.56 Å². The van der Waals surface area contributed by atoms with Crippen LogP contribution in [0.2, 0.25) is 0 Å². The van der Waals surface area contributed by atoms with E-state index in [2.05, 4.69) is 0 Å². The molecule has 126 valence electrons. The number of nitrogens with two attached hydrogens (primary N) is 1. The van der Waals surface area contributed by atoms with Gasteiger partial charge in [-0.15, -0.1) is 0 Å². The van der Waals surface area contributed by atoms with Gasteiger partial charge in [0.1, 0.15) is 5.78 Å². The second kappa shape index (κ2) is 8.34. The smallest absolute Gasteiger partial charge is 0.329 e. The second-order valence-corrected chi connectivity index (χ2v) is 8.54. The SMILES string of the molecule is NCCN(Cc1ccccc1)C(CCP(=O)(O)O)P(=O)(O)O. The van der Waals surface area contributed by atoms with Crippen LogP contribution in [0.25, 0.3) is 0 Å². The third-order valence-electron chi connectivity index (χ3n) is 3.13. The van der Waals surface area contributed by atoms with Crippen LogP contribution in [-0.2, 0) is 15.7 Å². The minimum absolute atomic E-state index is 0.180. The van der Waals surface area contributed by atoms with E-state index in [0.29, 0.717) is 0 Å². The van der Waals surface area contributed by atoms with Gasteiger partial charge in [-0.25, -0.2) is 0 Å². The number of nitrogens with zero attached hydrogens (tertiary/aromatic N) is 1. The molecule has 0 bridgehead atoms. The van der Waals surface area contributed by atoms with Gasteiger partial charge < -0.3 is 25.3 Å². The molecule has 0 amide bonds. The van der Waals surface area contributed by atoms with E-state index < -0.39 is 27.1 Å². The van der Waals surface area contributed by atoms with Crippen LogP contribution in [0, 0.1) is 0 Å². The Hall–Kier alpha value is -0.560. The average molecular weight is 352 g/mol. The Labute approximate surface area is 129 Å². The van der Waals surface area contributed by atoms with Crippen molar-refractivity contribution in [3.8, 4) is 0 Å². The van der Waals surface area contributed by atoms with Gasteiger partial charge >= 0.3 is 15.2 Å². The molecule has 0 aliphatic carbocycles. The Bertz CT molecular complexity index is 544. The molecule has 0 aliphatic rings. The Balaban J connectivity index is 2.94. The largest absolute Gasteiger partial charge is 0.342 e. The fourth-order valence-electron chi connectivity index (χ4n) is 2.16. The van der Waals surface area contributed by atoms with Crippen LogP contribution in [-0.4, -0.2) is 49.5 Å². The van der Waals surface area contributed by atoms with E-state index in [1.165, 1.54) is 4.90 Å². The molecule has 10 heteroatoms. The molecule has 8 nitrogen and oxygen atoms in total. The van der Waals surface area contributed by atoms with Crippen molar-refractivity contribution in [2.75, 3.05) is 19.3 Å². The summed E-state index contributed by atoms with van der Waals surface area (Å²) < 4.78 is 22.7. The van der Waals surface area contributed by atoms with Crippen molar-refractivity contribution in [1.82, 2.24) is 4.90 Å². The maximum atomic E-state index is 11.7. The first-order valence-corrected chi connectivity index (χ1v) is 10.2. The van der Waals surface area contributed by atoms with E-state index in [-0.39, 0.29) is 26.1 Å². The lowest BCUT2D eigenvalue weighted by Crippen LogP contribution is -2.38. The van der Waals surface area contributed by atoms with Crippen molar-refractivity contribution in [3.05, 3.63) is 35.9 Å². The van der Waals surface area contributed by atoms with Gasteiger partial charge in [0.15, 0.2) is 0 Å². The van der Waals surface area contributed by atoms with Crippen LogP contribution in [0.3, 0.4) is 0 Å². The molecule has 0 fully saturated rings. The molecule has 0 heterocycles. The molecule has 22 heavy (non-hydrogen) atoms. The first-order valence-electron chi connectivity index (χ1n) is 6.71. The summed E-state index contributed by atoms with van der Waals surface area (Å²) in [6.45, 7) is 0.639. The van der Waals surface area contributed by atoms with Gasteiger partial charge in [-0.3, -0.25) is 14.0 Å². The summed E-state index contributed by atoms with van der Waals surface area (Å²) >= 11 is 0. The summed E-state index contributed by atoms with van der Waals surface area (Å²) in [5.41, 5.74) is 6.34. The van der Waals surface area contributed by atoms with E-state index in [1.807, 2.05) is 18.2 Å². The van der Waals surface area contributed by atoms with Gasteiger partial charge in [0.2, 0.25) is 0 Å². The van der Waals surface area contributed by atoms with Crippen LogP contribution in [0.5, 0.6) is 0 Å². The first-order chi connectivity index (χ1) is 10.1. The molecule has 1 rings (SSSR count). The molecule has 0 radical (unpaired) electrons. The zero-order valence-corrected chi connectivity index (χ0v) is 13.8. The average Bonchev–Trinajstić information content (AvgIpc) is 2.37. The highest BCUT2D eigenvalue weighted by atomic mass is 31.2. The number of hydrogen-bond donors (Lipinski definition) is 5. The molecule has 1 aromatic rings. The highest BCUT2D eigenvalue weighted by molar-refractivity contribution is 7.53. The van der Waals surface area contributed by atoms with Crippen molar-refractivity contribution >= 4 is 15.2 Å². The quantitative estimate of drug-likeness (QED) is 0.405. The second-order valence-electron chi connectivity index (χ2n) is 4.99. The normalized spacial score (nSPS) is 14.3. The molecule has 1 aromatic carbocycles. The molecule has 1 atom stereocenters. The highest BCUT2D eigenvalue weighted by Crippen LogP contribution is 2.48. The van der Waals surface area contributed by atoms with Gasteiger partial charge in [0, 0.05) is 19.6 Å². The third kappa shape index (κ3) is 7.13. The zero-order chi connectivity index (χ0) is 16.8. The van der Waals surface area contributed by atoms with E-state index in [1.54, 1.807) is 12.1 Å². The lowest BCUT2D eigenvalue weighted by atomic mass is 10.2. The fourth-order valence-corrected chi connectivity index (χ4v) is 4.04. The third-order valence-corrected chi connectivity index (χ3v) is 5.34. The van der Waals surface area contributed by atoms with Gasteiger partial charge in [0.05, 0.1) is 6.16 Å². The van der Waals surface area contributed by atoms with Crippen LogP contribution in [0.4, 0.5) is 0 Å². The molecule has 0 aromatic heterocycles. The molecule has 0 spiro atoms. The summed E-state index contributed by atoms with van der Waals surface area (Å²) in [6, 6.07) is 9.05. The number of rotatable bonds is 9. The van der Waals surface area contributed by atoms with E-state index in [4.69, 9.17) is 15.5 Å².